The number of benzene rings is 6. The van der Waals surface area contributed by atoms with Crippen LogP contribution in [0.5, 0.6) is 0 Å². The van der Waals surface area contributed by atoms with Crippen molar-refractivity contribution < 1.29 is 4.42 Å². The Morgan fingerprint density at radius 1 is 0.566 bits per heavy atom. The van der Waals surface area contributed by atoms with Crippen molar-refractivity contribution in [1.29, 1.82) is 0 Å². The minimum atomic E-state index is -0.0707. The van der Waals surface area contributed by atoms with Crippen LogP contribution in [-0.2, 0) is 10.8 Å². The van der Waals surface area contributed by atoms with E-state index < -0.39 is 0 Å². The number of allylic oxidation sites excluding steroid dienone is 4. The van der Waals surface area contributed by atoms with Gasteiger partial charge in [0.25, 0.3) is 0 Å². The number of hydrogen-bond acceptors (Lipinski definition) is 2. The normalized spacial score (nSPS) is 17.6. The number of hydrogen-bond donors (Lipinski definition) is 0. The maximum absolute atomic E-state index is 6.59. The second-order valence-electron chi connectivity index (χ2n) is 16.4. The van der Waals surface area contributed by atoms with E-state index in [0.29, 0.717) is 0 Å². The zero-order valence-electron chi connectivity index (χ0n) is 30.8. The van der Waals surface area contributed by atoms with E-state index in [1.807, 2.05) is 0 Å². The predicted octanol–water partition coefficient (Wildman–Crippen LogP) is 14.0. The van der Waals surface area contributed by atoms with Gasteiger partial charge in [-0.25, -0.2) is 0 Å². The van der Waals surface area contributed by atoms with Crippen LogP contribution in [-0.4, -0.2) is 0 Å². The quantitative estimate of drug-likeness (QED) is 0.183. The average Bonchev–Trinajstić information content (AvgIpc) is 3.95. The van der Waals surface area contributed by atoms with Gasteiger partial charge in [-0.05, 0) is 119 Å². The van der Waals surface area contributed by atoms with Gasteiger partial charge in [-0.15, -0.1) is 0 Å². The zero-order valence-corrected chi connectivity index (χ0v) is 30.8. The van der Waals surface area contributed by atoms with Gasteiger partial charge >= 0.3 is 0 Å². The van der Waals surface area contributed by atoms with Crippen LogP contribution in [0.3, 0.4) is 0 Å². The first-order valence-electron chi connectivity index (χ1n) is 19.5. The molecule has 1 saturated carbocycles. The van der Waals surface area contributed by atoms with Gasteiger partial charge in [-0.2, -0.15) is 0 Å². The Hall–Kier alpha value is -5.60. The van der Waals surface area contributed by atoms with E-state index in [-0.39, 0.29) is 10.8 Å². The summed E-state index contributed by atoms with van der Waals surface area (Å²) < 4.78 is 6.59. The lowest BCUT2D eigenvalue weighted by Crippen LogP contribution is -2.25. The number of anilines is 2. The molecule has 0 N–H and O–H groups in total. The molecule has 0 atom stereocenters. The Bertz CT molecular complexity index is 2710. The van der Waals surface area contributed by atoms with Crippen molar-refractivity contribution >= 4 is 38.9 Å². The first kappa shape index (κ1) is 31.0. The molecule has 0 unspecified atom stereocenters. The molecule has 1 spiro atoms. The van der Waals surface area contributed by atoms with Crippen molar-refractivity contribution in [2.75, 3.05) is 4.90 Å². The maximum atomic E-state index is 6.59. The number of rotatable bonds is 4. The molecule has 4 aliphatic rings. The second kappa shape index (κ2) is 11.2. The van der Waals surface area contributed by atoms with Crippen LogP contribution in [0, 0.1) is 6.92 Å². The highest BCUT2D eigenvalue weighted by atomic mass is 16.3. The van der Waals surface area contributed by atoms with Crippen molar-refractivity contribution in [3.05, 3.63) is 173 Å². The van der Waals surface area contributed by atoms with Crippen LogP contribution in [0.15, 0.2) is 149 Å². The molecule has 0 bridgehead atoms. The Morgan fingerprint density at radius 3 is 2.04 bits per heavy atom. The van der Waals surface area contributed by atoms with Crippen LogP contribution >= 0.6 is 0 Å². The number of aryl methyl sites for hydroxylation is 1. The van der Waals surface area contributed by atoms with E-state index in [2.05, 4.69) is 159 Å². The van der Waals surface area contributed by atoms with Gasteiger partial charge in [-0.3, -0.25) is 0 Å². The number of fused-ring (bicyclic) bond motifs is 10. The molecule has 4 aliphatic carbocycles. The van der Waals surface area contributed by atoms with Crippen molar-refractivity contribution in [3.63, 3.8) is 0 Å². The van der Waals surface area contributed by atoms with E-state index >= 15 is 0 Å². The van der Waals surface area contributed by atoms with Gasteiger partial charge in [0, 0.05) is 44.2 Å². The first-order valence-corrected chi connectivity index (χ1v) is 19.5. The molecule has 1 aromatic heterocycles. The van der Waals surface area contributed by atoms with Crippen molar-refractivity contribution in [2.24, 2.45) is 0 Å². The van der Waals surface area contributed by atoms with Gasteiger partial charge in [0.1, 0.15) is 11.2 Å². The Kier molecular flexibility index (Phi) is 6.55. The van der Waals surface area contributed by atoms with Gasteiger partial charge in [0.15, 0.2) is 0 Å². The second-order valence-corrected chi connectivity index (χ2v) is 16.4. The van der Waals surface area contributed by atoms with Crippen LogP contribution in [0.1, 0.15) is 80.2 Å². The molecule has 1 fully saturated rings. The van der Waals surface area contributed by atoms with Crippen molar-refractivity contribution in [3.8, 4) is 22.3 Å². The number of para-hydroxylation sites is 2. The summed E-state index contributed by atoms with van der Waals surface area (Å²) in [6.45, 7) is 6.90. The van der Waals surface area contributed by atoms with Crippen LogP contribution in [0.2, 0.25) is 0 Å². The molecule has 2 nitrogen and oxygen atoms in total. The predicted molar refractivity (Wildman–Crippen MR) is 221 cm³/mol. The topological polar surface area (TPSA) is 16.4 Å². The third kappa shape index (κ3) is 4.33. The summed E-state index contributed by atoms with van der Waals surface area (Å²) in [5, 5.41) is 2.35. The molecule has 2 heteroatoms. The summed E-state index contributed by atoms with van der Waals surface area (Å²) in [6, 6.07) is 47.7. The minimum Gasteiger partial charge on any atom is -0.455 e. The molecule has 0 amide bonds. The minimum absolute atomic E-state index is 0.0707. The molecule has 0 saturated heterocycles. The average molecular weight is 686 g/mol. The monoisotopic (exact) mass is 685 g/mol. The molecule has 53 heavy (non-hydrogen) atoms. The molecular formula is C51H43NO. The van der Waals surface area contributed by atoms with E-state index in [4.69, 9.17) is 4.42 Å². The molecule has 1 heterocycles. The summed E-state index contributed by atoms with van der Waals surface area (Å²) in [5.74, 6) is 0. The summed E-state index contributed by atoms with van der Waals surface area (Å²) in [6.07, 6.45) is 9.80. The Balaban J connectivity index is 1.07. The fourth-order valence-electron chi connectivity index (χ4n) is 10.7. The third-order valence-electron chi connectivity index (χ3n) is 13.3. The summed E-state index contributed by atoms with van der Waals surface area (Å²) in [4.78, 5) is 2.57. The van der Waals surface area contributed by atoms with Crippen LogP contribution in [0.4, 0.5) is 11.4 Å². The Morgan fingerprint density at radius 2 is 1.23 bits per heavy atom. The van der Waals surface area contributed by atoms with Crippen molar-refractivity contribution in [2.45, 2.75) is 70.1 Å². The highest BCUT2D eigenvalue weighted by Gasteiger charge is 2.47. The molecule has 258 valence electrons. The van der Waals surface area contributed by atoms with Crippen LogP contribution < -0.4 is 4.90 Å². The smallest absolute Gasteiger partial charge is 0.143 e. The highest BCUT2D eigenvalue weighted by Crippen LogP contribution is 2.59. The van der Waals surface area contributed by atoms with Gasteiger partial charge < -0.3 is 9.32 Å². The Labute approximate surface area is 312 Å². The van der Waals surface area contributed by atoms with E-state index in [9.17, 15) is 0 Å². The molecule has 0 aliphatic heterocycles. The molecule has 11 rings (SSSR count). The third-order valence-corrected chi connectivity index (χ3v) is 13.3. The summed E-state index contributed by atoms with van der Waals surface area (Å²) in [7, 11) is 0. The largest absolute Gasteiger partial charge is 0.455 e. The maximum Gasteiger partial charge on any atom is 0.143 e. The summed E-state index contributed by atoms with van der Waals surface area (Å²) >= 11 is 0. The summed E-state index contributed by atoms with van der Waals surface area (Å²) in [5.41, 5.74) is 21.1. The molecule has 6 aromatic carbocycles. The van der Waals surface area contributed by atoms with E-state index in [0.717, 1.165) is 29.6 Å². The SMILES string of the molecule is Cc1cccc2c1oc1c(-c3ccc(N(C4=CC5=C(CC4)c4ccccc4C54CCCC4)c4ccc5c(c4)C(C)(C)c4ccccc4-5)cc3)cccc12. The van der Waals surface area contributed by atoms with Crippen molar-refractivity contribution in [1.82, 2.24) is 0 Å². The lowest BCUT2D eigenvalue weighted by atomic mass is 9.74. The van der Waals surface area contributed by atoms with Gasteiger partial charge in [0.05, 0.1) is 0 Å². The zero-order chi connectivity index (χ0) is 35.5. The highest BCUT2D eigenvalue weighted by molar-refractivity contribution is 6.10. The fourth-order valence-corrected chi connectivity index (χ4v) is 10.7. The number of nitrogens with zero attached hydrogens (tertiary/aromatic N) is 1. The van der Waals surface area contributed by atoms with E-state index in [1.54, 1.807) is 16.7 Å². The van der Waals surface area contributed by atoms with E-state index in [1.165, 1.54) is 92.5 Å². The lowest BCUT2D eigenvalue weighted by Gasteiger charge is -2.34. The lowest BCUT2D eigenvalue weighted by molar-refractivity contribution is 0.542. The van der Waals surface area contributed by atoms with Crippen LogP contribution in [0.25, 0.3) is 49.8 Å². The molecular weight excluding hydrogens is 643 g/mol. The number of furan rings is 1. The first-order chi connectivity index (χ1) is 25.9. The van der Waals surface area contributed by atoms with Gasteiger partial charge in [-0.1, -0.05) is 130 Å². The molecule has 0 radical (unpaired) electrons. The van der Waals surface area contributed by atoms with Gasteiger partial charge in [0.2, 0.25) is 0 Å². The standard InChI is InChI=1S/C51H43NO/c1-32-12-10-16-42-43-17-11-15-37(49(43)53-48(32)42)33-20-22-34(23-21-33)52(35-24-26-40-38-13-4-6-18-44(38)50(2,3)46(40)30-35)36-25-27-41-39-14-5-7-19-45(39)51(47(41)31-36)28-8-9-29-51/h4-7,10-24,26,30-31H,8-9,25,27-29H2,1-3H3. The fraction of sp³-hybridized carbons (Fsp3) is 0.216. The molecule has 7 aromatic rings.